The van der Waals surface area contributed by atoms with E-state index in [4.69, 9.17) is 21.0 Å². The van der Waals surface area contributed by atoms with Gasteiger partial charge in [0, 0.05) is 21.0 Å². The molecular weight excluding hydrogens is 380 g/mol. The number of hydrogen-bond donors (Lipinski definition) is 1. The fraction of sp³-hybridized carbons (Fsp3) is 0.333. The standard InChI is InChI=1S/C21H21ClN2O2S/c1-13(21(25)23-12-15-5-4-10-26-15)27-20-16-6-2-3-7-18(16)24-19-9-8-14(22)11-17(19)20/h4-5,8-11,13H,2-3,6-7,12H2,1H3,(H,23,25). The predicted molar refractivity (Wildman–Crippen MR) is 109 cm³/mol. The average Bonchev–Trinajstić information content (AvgIpc) is 3.20. The first-order chi connectivity index (χ1) is 13.1. The summed E-state index contributed by atoms with van der Waals surface area (Å²) in [5.41, 5.74) is 3.40. The molecule has 2 aromatic heterocycles. The first-order valence-electron chi connectivity index (χ1n) is 9.19. The molecule has 1 amide bonds. The predicted octanol–water partition coefficient (Wildman–Crippen LogP) is 5.16. The van der Waals surface area contributed by atoms with Gasteiger partial charge >= 0.3 is 0 Å². The van der Waals surface area contributed by atoms with Crippen molar-refractivity contribution in [2.75, 3.05) is 0 Å². The highest BCUT2D eigenvalue weighted by molar-refractivity contribution is 8.00. The Hall–Kier alpha value is -1.98. The van der Waals surface area contributed by atoms with Crippen LogP contribution in [0, 0.1) is 0 Å². The third-order valence-corrected chi connectivity index (χ3v) is 6.36. The zero-order valence-electron chi connectivity index (χ0n) is 15.1. The fourth-order valence-corrected chi connectivity index (χ4v) is 4.82. The van der Waals surface area contributed by atoms with E-state index in [1.54, 1.807) is 18.0 Å². The van der Waals surface area contributed by atoms with Crippen molar-refractivity contribution in [3.8, 4) is 0 Å². The summed E-state index contributed by atoms with van der Waals surface area (Å²) in [4.78, 5) is 18.6. The van der Waals surface area contributed by atoms with Gasteiger partial charge in [-0.05, 0) is 68.5 Å². The lowest BCUT2D eigenvalue weighted by Crippen LogP contribution is -2.30. The van der Waals surface area contributed by atoms with Crippen LogP contribution < -0.4 is 5.32 Å². The van der Waals surface area contributed by atoms with Gasteiger partial charge in [-0.15, -0.1) is 11.8 Å². The maximum Gasteiger partial charge on any atom is 0.233 e. The normalized spacial score (nSPS) is 14.7. The summed E-state index contributed by atoms with van der Waals surface area (Å²) in [6.07, 6.45) is 5.95. The monoisotopic (exact) mass is 400 g/mol. The zero-order valence-corrected chi connectivity index (χ0v) is 16.7. The number of furan rings is 1. The number of aryl methyl sites for hydroxylation is 1. The van der Waals surface area contributed by atoms with Gasteiger partial charge in [0.2, 0.25) is 5.91 Å². The summed E-state index contributed by atoms with van der Waals surface area (Å²) in [5.74, 6) is 0.743. The smallest absolute Gasteiger partial charge is 0.233 e. The van der Waals surface area contributed by atoms with Gasteiger partial charge in [-0.2, -0.15) is 0 Å². The highest BCUT2D eigenvalue weighted by atomic mass is 35.5. The van der Waals surface area contributed by atoms with Crippen molar-refractivity contribution in [1.29, 1.82) is 0 Å². The molecule has 1 atom stereocenters. The largest absolute Gasteiger partial charge is 0.467 e. The Morgan fingerprint density at radius 2 is 2.19 bits per heavy atom. The number of benzene rings is 1. The molecule has 4 nitrogen and oxygen atoms in total. The molecule has 1 aromatic carbocycles. The third-order valence-electron chi connectivity index (χ3n) is 4.85. The minimum atomic E-state index is -0.226. The van der Waals surface area contributed by atoms with Crippen molar-refractivity contribution >= 4 is 40.2 Å². The molecule has 1 aliphatic carbocycles. The van der Waals surface area contributed by atoms with Crippen LogP contribution in [0.3, 0.4) is 0 Å². The summed E-state index contributed by atoms with van der Waals surface area (Å²) >= 11 is 7.85. The van der Waals surface area contributed by atoms with Crippen LogP contribution in [0.15, 0.2) is 45.9 Å². The Kier molecular flexibility index (Phi) is 5.41. The van der Waals surface area contributed by atoms with Gasteiger partial charge in [-0.3, -0.25) is 9.78 Å². The SMILES string of the molecule is CC(Sc1c2c(nc3ccc(Cl)cc13)CCCC2)C(=O)NCc1ccco1. The van der Waals surface area contributed by atoms with E-state index < -0.39 is 0 Å². The van der Waals surface area contributed by atoms with E-state index >= 15 is 0 Å². The van der Waals surface area contributed by atoms with Crippen LogP contribution in [-0.4, -0.2) is 16.1 Å². The number of rotatable bonds is 5. The summed E-state index contributed by atoms with van der Waals surface area (Å²) in [6, 6.07) is 9.48. The van der Waals surface area contributed by atoms with Crippen LogP contribution in [-0.2, 0) is 24.2 Å². The molecule has 1 unspecified atom stereocenters. The van der Waals surface area contributed by atoms with E-state index in [9.17, 15) is 4.79 Å². The molecule has 4 rings (SSSR count). The second kappa shape index (κ2) is 7.95. The second-order valence-electron chi connectivity index (χ2n) is 6.79. The number of aromatic nitrogens is 1. The maximum atomic E-state index is 12.6. The minimum absolute atomic E-state index is 0.00653. The second-order valence-corrected chi connectivity index (χ2v) is 8.58. The molecule has 140 valence electrons. The Morgan fingerprint density at radius 1 is 1.33 bits per heavy atom. The summed E-state index contributed by atoms with van der Waals surface area (Å²) in [7, 11) is 0. The number of amides is 1. The number of hydrogen-bond acceptors (Lipinski definition) is 4. The van der Waals surface area contributed by atoms with Gasteiger partial charge in [-0.25, -0.2) is 0 Å². The molecule has 0 saturated heterocycles. The average molecular weight is 401 g/mol. The van der Waals surface area contributed by atoms with Crippen LogP contribution in [0.4, 0.5) is 0 Å². The van der Waals surface area contributed by atoms with Crippen LogP contribution >= 0.6 is 23.4 Å². The van der Waals surface area contributed by atoms with Gasteiger partial charge < -0.3 is 9.73 Å². The van der Waals surface area contributed by atoms with Crippen molar-refractivity contribution in [1.82, 2.24) is 10.3 Å². The quantitative estimate of drug-likeness (QED) is 0.601. The molecule has 0 spiro atoms. The highest BCUT2D eigenvalue weighted by Crippen LogP contribution is 2.38. The number of pyridine rings is 1. The Labute approximate surface area is 167 Å². The molecule has 2 heterocycles. The summed E-state index contributed by atoms with van der Waals surface area (Å²) in [6.45, 7) is 2.34. The van der Waals surface area contributed by atoms with Crippen molar-refractivity contribution in [2.45, 2.75) is 49.3 Å². The number of nitrogens with zero attached hydrogens (tertiary/aromatic N) is 1. The first kappa shape index (κ1) is 18.4. The molecule has 27 heavy (non-hydrogen) atoms. The van der Waals surface area contributed by atoms with Crippen LogP contribution in [0.2, 0.25) is 5.02 Å². The van der Waals surface area contributed by atoms with E-state index in [1.165, 1.54) is 17.7 Å². The van der Waals surface area contributed by atoms with Crippen molar-refractivity contribution < 1.29 is 9.21 Å². The number of carbonyl (C=O) groups is 1. The molecule has 3 aromatic rings. The van der Waals surface area contributed by atoms with Crippen molar-refractivity contribution in [2.24, 2.45) is 0 Å². The van der Waals surface area contributed by atoms with Gasteiger partial charge in [-0.1, -0.05) is 11.6 Å². The number of fused-ring (bicyclic) bond motifs is 2. The van der Waals surface area contributed by atoms with Gasteiger partial charge in [0.05, 0.1) is 23.6 Å². The lowest BCUT2D eigenvalue weighted by molar-refractivity contribution is -0.120. The van der Waals surface area contributed by atoms with E-state index in [1.807, 2.05) is 37.3 Å². The highest BCUT2D eigenvalue weighted by Gasteiger charge is 2.23. The van der Waals surface area contributed by atoms with Crippen molar-refractivity contribution in [3.63, 3.8) is 0 Å². The first-order valence-corrected chi connectivity index (χ1v) is 10.5. The van der Waals surface area contributed by atoms with Crippen LogP contribution in [0.25, 0.3) is 10.9 Å². The molecule has 0 bridgehead atoms. The maximum absolute atomic E-state index is 12.6. The fourth-order valence-electron chi connectivity index (χ4n) is 3.45. The minimum Gasteiger partial charge on any atom is -0.467 e. The molecule has 0 saturated carbocycles. The van der Waals surface area contributed by atoms with E-state index in [2.05, 4.69) is 5.32 Å². The zero-order chi connectivity index (χ0) is 18.8. The molecule has 0 aliphatic heterocycles. The molecule has 1 N–H and O–H groups in total. The summed E-state index contributed by atoms with van der Waals surface area (Å²) in [5, 5.41) is 4.46. The van der Waals surface area contributed by atoms with E-state index in [0.717, 1.165) is 40.8 Å². The number of nitrogens with one attached hydrogen (secondary N) is 1. The van der Waals surface area contributed by atoms with Crippen LogP contribution in [0.5, 0.6) is 0 Å². The molecule has 0 radical (unpaired) electrons. The van der Waals surface area contributed by atoms with Crippen LogP contribution in [0.1, 0.15) is 36.8 Å². The van der Waals surface area contributed by atoms with E-state index in [-0.39, 0.29) is 11.2 Å². The molecule has 0 fully saturated rings. The lowest BCUT2D eigenvalue weighted by Gasteiger charge is -2.22. The lowest BCUT2D eigenvalue weighted by atomic mass is 9.94. The Bertz CT molecular complexity index is 972. The topological polar surface area (TPSA) is 55.1 Å². The van der Waals surface area contributed by atoms with Gasteiger partial charge in [0.1, 0.15) is 5.76 Å². The summed E-state index contributed by atoms with van der Waals surface area (Å²) < 4.78 is 5.28. The third kappa shape index (κ3) is 3.99. The van der Waals surface area contributed by atoms with E-state index in [0.29, 0.717) is 11.6 Å². The van der Waals surface area contributed by atoms with Gasteiger partial charge in [0.25, 0.3) is 0 Å². The number of thioether (sulfide) groups is 1. The Balaban J connectivity index is 1.61. The molecular formula is C21H21ClN2O2S. The number of carbonyl (C=O) groups excluding carboxylic acids is 1. The van der Waals surface area contributed by atoms with Gasteiger partial charge in [0.15, 0.2) is 0 Å². The van der Waals surface area contributed by atoms with Crippen molar-refractivity contribution in [3.05, 3.63) is 58.6 Å². The number of halogens is 1. The molecule has 1 aliphatic rings. The Morgan fingerprint density at radius 3 is 3.00 bits per heavy atom. The molecule has 6 heteroatoms.